The molecule has 2 aliphatic rings. The highest BCUT2D eigenvalue weighted by Gasteiger charge is 2.25. The number of hydrogen-bond acceptors (Lipinski definition) is 2. The highest BCUT2D eigenvalue weighted by atomic mass is 32.2. The molecule has 1 fully saturated rings. The molecular weight excluding hydrogens is 214 g/mol. The van der Waals surface area contributed by atoms with E-state index in [-0.39, 0.29) is 0 Å². The third-order valence-electron chi connectivity index (χ3n) is 3.42. The van der Waals surface area contributed by atoms with Crippen LogP contribution in [0.3, 0.4) is 0 Å². The van der Waals surface area contributed by atoms with E-state index < -0.39 is 0 Å². The van der Waals surface area contributed by atoms with Crippen LogP contribution in [0.4, 0.5) is 0 Å². The summed E-state index contributed by atoms with van der Waals surface area (Å²) < 4.78 is 0. The minimum absolute atomic E-state index is 0.683. The molecule has 0 spiro atoms. The summed E-state index contributed by atoms with van der Waals surface area (Å²) in [6.45, 7) is 2.59. The second kappa shape index (κ2) is 4.64. The van der Waals surface area contributed by atoms with Crippen molar-refractivity contribution in [2.75, 3.05) is 18.8 Å². The normalized spacial score (nSPS) is 26.0. The molecule has 0 N–H and O–H groups in total. The van der Waals surface area contributed by atoms with Gasteiger partial charge >= 0.3 is 0 Å². The largest absolute Gasteiger partial charge is 0.296 e. The van der Waals surface area contributed by atoms with Crippen molar-refractivity contribution in [3.63, 3.8) is 0 Å². The average Bonchev–Trinajstić information content (AvgIpc) is 3.01. The van der Waals surface area contributed by atoms with Crippen molar-refractivity contribution >= 4 is 16.7 Å². The number of likely N-dealkylation sites (tertiary alicyclic amines) is 1. The molecule has 2 heterocycles. The minimum Gasteiger partial charge on any atom is -0.296 e. The zero-order valence-corrected chi connectivity index (χ0v) is 10.2. The molecule has 16 heavy (non-hydrogen) atoms. The van der Waals surface area contributed by atoms with Crippen LogP contribution in [0.2, 0.25) is 0 Å². The SMILES string of the molecule is C1=C(c2ccccc2)SCC1N1CCCC1. The van der Waals surface area contributed by atoms with Gasteiger partial charge in [-0.05, 0) is 31.5 Å². The summed E-state index contributed by atoms with van der Waals surface area (Å²) in [7, 11) is 0. The van der Waals surface area contributed by atoms with Gasteiger partial charge in [-0.15, -0.1) is 11.8 Å². The first kappa shape index (κ1) is 10.4. The molecule has 0 aromatic heterocycles. The number of rotatable bonds is 2. The Bertz CT molecular complexity index is 379. The van der Waals surface area contributed by atoms with Crippen molar-refractivity contribution in [1.82, 2.24) is 4.90 Å². The van der Waals surface area contributed by atoms with Gasteiger partial charge in [0.15, 0.2) is 0 Å². The Morgan fingerprint density at radius 1 is 1.06 bits per heavy atom. The van der Waals surface area contributed by atoms with Crippen molar-refractivity contribution in [2.24, 2.45) is 0 Å². The van der Waals surface area contributed by atoms with E-state index in [0.29, 0.717) is 6.04 Å². The molecule has 1 nitrogen and oxygen atoms in total. The fraction of sp³-hybridized carbons (Fsp3) is 0.429. The average molecular weight is 231 g/mol. The van der Waals surface area contributed by atoms with Crippen LogP contribution in [0.5, 0.6) is 0 Å². The molecule has 0 aliphatic carbocycles. The van der Waals surface area contributed by atoms with E-state index in [4.69, 9.17) is 0 Å². The smallest absolute Gasteiger partial charge is 0.0386 e. The zero-order valence-electron chi connectivity index (χ0n) is 9.43. The van der Waals surface area contributed by atoms with Gasteiger partial charge in [0.1, 0.15) is 0 Å². The number of benzene rings is 1. The van der Waals surface area contributed by atoms with E-state index in [9.17, 15) is 0 Å². The lowest BCUT2D eigenvalue weighted by Gasteiger charge is -2.20. The summed E-state index contributed by atoms with van der Waals surface area (Å²) in [4.78, 5) is 4.10. The van der Waals surface area contributed by atoms with Crippen molar-refractivity contribution < 1.29 is 0 Å². The quantitative estimate of drug-likeness (QED) is 0.768. The molecule has 1 atom stereocenters. The van der Waals surface area contributed by atoms with Crippen LogP contribution in [0, 0.1) is 0 Å². The Hall–Kier alpha value is -0.730. The Balaban J connectivity index is 1.76. The molecule has 3 rings (SSSR count). The molecule has 1 aromatic rings. The predicted molar refractivity (Wildman–Crippen MR) is 71.5 cm³/mol. The van der Waals surface area contributed by atoms with Gasteiger partial charge in [0.2, 0.25) is 0 Å². The zero-order chi connectivity index (χ0) is 10.8. The topological polar surface area (TPSA) is 3.24 Å². The van der Waals surface area contributed by atoms with Crippen LogP contribution < -0.4 is 0 Å². The van der Waals surface area contributed by atoms with Crippen LogP contribution >= 0.6 is 11.8 Å². The maximum absolute atomic E-state index is 2.63. The molecule has 2 heteroatoms. The summed E-state index contributed by atoms with van der Waals surface area (Å²) in [6.07, 6.45) is 5.23. The molecule has 0 radical (unpaired) electrons. The van der Waals surface area contributed by atoms with Crippen LogP contribution in [-0.2, 0) is 0 Å². The first-order valence-corrected chi connectivity index (χ1v) is 7.06. The summed E-state index contributed by atoms with van der Waals surface area (Å²) in [6, 6.07) is 11.4. The molecule has 84 valence electrons. The van der Waals surface area contributed by atoms with Crippen LogP contribution in [-0.4, -0.2) is 29.8 Å². The lowest BCUT2D eigenvalue weighted by Crippen LogP contribution is -2.31. The highest BCUT2D eigenvalue weighted by molar-refractivity contribution is 8.08. The van der Waals surface area contributed by atoms with E-state index in [1.165, 1.54) is 42.2 Å². The summed E-state index contributed by atoms with van der Waals surface area (Å²) in [5, 5.41) is 0. The van der Waals surface area contributed by atoms with Gasteiger partial charge in [-0.25, -0.2) is 0 Å². The van der Waals surface area contributed by atoms with E-state index in [2.05, 4.69) is 41.3 Å². The van der Waals surface area contributed by atoms with E-state index >= 15 is 0 Å². The summed E-state index contributed by atoms with van der Waals surface area (Å²) in [5.41, 5.74) is 1.38. The second-order valence-corrected chi connectivity index (χ2v) is 5.58. The fourth-order valence-electron chi connectivity index (χ4n) is 2.51. The number of thioether (sulfide) groups is 1. The fourth-order valence-corrected chi connectivity index (χ4v) is 3.73. The van der Waals surface area contributed by atoms with Gasteiger partial charge < -0.3 is 0 Å². The Morgan fingerprint density at radius 3 is 2.56 bits per heavy atom. The van der Waals surface area contributed by atoms with Gasteiger partial charge in [0, 0.05) is 16.7 Å². The van der Waals surface area contributed by atoms with Crippen molar-refractivity contribution in [3.8, 4) is 0 Å². The van der Waals surface area contributed by atoms with Crippen molar-refractivity contribution in [2.45, 2.75) is 18.9 Å². The molecule has 2 aliphatic heterocycles. The summed E-state index contributed by atoms with van der Waals surface area (Å²) in [5.74, 6) is 1.24. The van der Waals surface area contributed by atoms with E-state index in [1.54, 1.807) is 0 Å². The lowest BCUT2D eigenvalue weighted by molar-refractivity contribution is 0.306. The van der Waals surface area contributed by atoms with Gasteiger partial charge in [-0.1, -0.05) is 36.4 Å². The van der Waals surface area contributed by atoms with Crippen LogP contribution in [0.15, 0.2) is 36.4 Å². The van der Waals surface area contributed by atoms with Gasteiger partial charge in [-0.2, -0.15) is 0 Å². The maximum atomic E-state index is 2.63. The number of hydrogen-bond donors (Lipinski definition) is 0. The van der Waals surface area contributed by atoms with E-state index in [1.807, 2.05) is 11.8 Å². The van der Waals surface area contributed by atoms with Crippen molar-refractivity contribution in [1.29, 1.82) is 0 Å². The number of nitrogens with zero attached hydrogens (tertiary/aromatic N) is 1. The molecule has 1 aromatic carbocycles. The minimum atomic E-state index is 0.683. The van der Waals surface area contributed by atoms with Gasteiger partial charge in [0.05, 0.1) is 0 Å². The van der Waals surface area contributed by atoms with Gasteiger partial charge in [0.25, 0.3) is 0 Å². The molecule has 0 saturated carbocycles. The molecule has 1 unspecified atom stereocenters. The third kappa shape index (κ3) is 2.04. The second-order valence-electron chi connectivity index (χ2n) is 4.52. The Labute approximate surface area is 102 Å². The van der Waals surface area contributed by atoms with Gasteiger partial charge in [-0.3, -0.25) is 4.90 Å². The Kier molecular flexibility index (Phi) is 3.02. The summed E-state index contributed by atoms with van der Waals surface area (Å²) >= 11 is 2.01. The molecule has 0 amide bonds. The van der Waals surface area contributed by atoms with Crippen LogP contribution in [0.1, 0.15) is 18.4 Å². The van der Waals surface area contributed by atoms with Crippen molar-refractivity contribution in [3.05, 3.63) is 42.0 Å². The lowest BCUT2D eigenvalue weighted by atomic mass is 10.1. The predicted octanol–water partition coefficient (Wildman–Crippen LogP) is 3.24. The maximum Gasteiger partial charge on any atom is 0.0386 e. The first-order chi connectivity index (χ1) is 7.93. The first-order valence-electron chi connectivity index (χ1n) is 6.07. The van der Waals surface area contributed by atoms with Crippen LogP contribution in [0.25, 0.3) is 4.91 Å². The monoisotopic (exact) mass is 231 g/mol. The highest BCUT2D eigenvalue weighted by Crippen LogP contribution is 2.36. The standard InChI is InChI=1S/C14H17NS/c1-2-6-12(7-3-1)14-10-13(11-16-14)15-8-4-5-9-15/h1-3,6-7,10,13H,4-5,8-9,11H2. The third-order valence-corrected chi connectivity index (χ3v) is 4.61. The molecular formula is C14H17NS. The van der Waals surface area contributed by atoms with E-state index in [0.717, 1.165) is 0 Å². The Morgan fingerprint density at radius 2 is 1.81 bits per heavy atom. The molecule has 0 bridgehead atoms. The molecule has 1 saturated heterocycles.